The Hall–Kier alpha value is -3.49. The van der Waals surface area contributed by atoms with Crippen LogP contribution in [0.1, 0.15) is 40.5 Å². The average Bonchev–Trinajstić information content (AvgIpc) is 3.03. The van der Waals surface area contributed by atoms with Crippen LogP contribution in [0.25, 0.3) is 0 Å². The molecule has 174 valence electrons. The zero-order chi connectivity index (χ0) is 24.1. The summed E-state index contributed by atoms with van der Waals surface area (Å²) in [5, 5.41) is 2.78. The number of hydrogen-bond donors (Lipinski definition) is 1. The van der Waals surface area contributed by atoms with E-state index in [0.717, 1.165) is 4.90 Å². The number of ether oxygens (including phenoxy) is 1. The number of rotatable bonds is 4. The Morgan fingerprint density at radius 3 is 2.21 bits per heavy atom. The van der Waals surface area contributed by atoms with Crippen molar-refractivity contribution < 1.29 is 28.7 Å². The Morgan fingerprint density at radius 1 is 1.03 bits per heavy atom. The molecule has 9 nitrogen and oxygen atoms in total. The van der Waals surface area contributed by atoms with Gasteiger partial charge in [0.2, 0.25) is 17.7 Å². The third-order valence-corrected chi connectivity index (χ3v) is 6.64. The first-order valence-electron chi connectivity index (χ1n) is 11.0. The first-order valence-corrected chi connectivity index (χ1v) is 11.0. The highest BCUT2D eigenvalue weighted by Gasteiger charge is 2.51. The summed E-state index contributed by atoms with van der Waals surface area (Å²) >= 11 is 0. The van der Waals surface area contributed by atoms with E-state index in [1.807, 2.05) is 12.2 Å². The van der Waals surface area contributed by atoms with E-state index in [9.17, 15) is 24.0 Å². The van der Waals surface area contributed by atoms with Gasteiger partial charge in [-0.25, -0.2) is 4.79 Å². The molecular formula is C24H27N3O6. The van der Waals surface area contributed by atoms with Gasteiger partial charge in [0.25, 0.3) is 5.91 Å². The number of nitrogens with zero attached hydrogens (tertiary/aromatic N) is 2. The van der Waals surface area contributed by atoms with E-state index in [1.165, 1.54) is 18.7 Å². The molecule has 4 atom stereocenters. The lowest BCUT2D eigenvalue weighted by atomic mass is 9.85. The lowest BCUT2D eigenvalue weighted by Gasteiger charge is -2.42. The molecule has 4 amide bonds. The summed E-state index contributed by atoms with van der Waals surface area (Å²) in [5.74, 6) is -3.49. The molecule has 33 heavy (non-hydrogen) atoms. The van der Waals surface area contributed by atoms with Crippen LogP contribution in [0.4, 0.5) is 11.4 Å². The third kappa shape index (κ3) is 3.61. The number of benzene rings is 1. The van der Waals surface area contributed by atoms with Crippen LogP contribution in [-0.4, -0.2) is 52.2 Å². The van der Waals surface area contributed by atoms with Crippen molar-refractivity contribution in [3.05, 3.63) is 36.4 Å². The van der Waals surface area contributed by atoms with E-state index in [2.05, 4.69) is 5.32 Å². The summed E-state index contributed by atoms with van der Waals surface area (Å²) in [7, 11) is 0. The Balaban J connectivity index is 1.51. The highest BCUT2D eigenvalue weighted by Crippen LogP contribution is 2.38. The minimum atomic E-state index is -1.24. The summed E-state index contributed by atoms with van der Waals surface area (Å²) < 4.78 is 5.41. The molecule has 2 aliphatic heterocycles. The van der Waals surface area contributed by atoms with Gasteiger partial charge in [0.1, 0.15) is 11.6 Å². The number of carbonyl (C=O) groups is 5. The molecule has 0 aromatic heterocycles. The van der Waals surface area contributed by atoms with Crippen molar-refractivity contribution in [2.45, 2.75) is 58.2 Å². The molecular weight excluding hydrogens is 426 g/mol. The number of amides is 4. The molecule has 1 aromatic rings. The molecule has 0 unspecified atom stereocenters. The van der Waals surface area contributed by atoms with Gasteiger partial charge in [-0.2, -0.15) is 0 Å². The van der Waals surface area contributed by atoms with Crippen molar-refractivity contribution in [3.8, 4) is 0 Å². The Labute approximate surface area is 191 Å². The van der Waals surface area contributed by atoms with Crippen LogP contribution in [0.5, 0.6) is 0 Å². The van der Waals surface area contributed by atoms with Gasteiger partial charge in [-0.1, -0.05) is 24.3 Å². The summed E-state index contributed by atoms with van der Waals surface area (Å²) in [5.41, 5.74) is -0.252. The lowest BCUT2D eigenvalue weighted by molar-refractivity contribution is -0.163. The second kappa shape index (κ2) is 8.13. The molecule has 1 N–H and O–H groups in total. The standard InChI is InChI=1S/C24H27N3O6/c1-13(26-20(29)15-9-5-6-10-16(15)21(26)30)22(31)33-14(2)19(28)27-18-12-8-7-11-17(18)25-23(32)24(27,3)4/h5-8,11-16H,9-10H2,1-4H3,(H,25,32)/t13-,14-,15-,16+/m0/s1. The average molecular weight is 453 g/mol. The maximum Gasteiger partial charge on any atom is 0.329 e. The molecule has 4 rings (SSSR count). The Bertz CT molecular complexity index is 1050. The first-order chi connectivity index (χ1) is 15.6. The number of allylic oxidation sites excluding steroid dienone is 2. The van der Waals surface area contributed by atoms with Crippen molar-refractivity contribution in [3.63, 3.8) is 0 Å². The largest absolute Gasteiger partial charge is 0.451 e. The van der Waals surface area contributed by atoms with E-state index in [-0.39, 0.29) is 17.7 Å². The Kier molecular flexibility index (Phi) is 5.59. The van der Waals surface area contributed by atoms with Crippen LogP contribution < -0.4 is 10.2 Å². The third-order valence-electron chi connectivity index (χ3n) is 6.64. The van der Waals surface area contributed by atoms with Crippen molar-refractivity contribution in [2.24, 2.45) is 11.8 Å². The monoisotopic (exact) mass is 453 g/mol. The number of fused-ring (bicyclic) bond motifs is 2. The van der Waals surface area contributed by atoms with Crippen LogP contribution in [0.15, 0.2) is 36.4 Å². The predicted octanol–water partition coefficient (Wildman–Crippen LogP) is 2.02. The van der Waals surface area contributed by atoms with Gasteiger partial charge >= 0.3 is 5.97 Å². The summed E-state index contributed by atoms with van der Waals surface area (Å²) in [4.78, 5) is 66.6. The van der Waals surface area contributed by atoms with E-state index in [4.69, 9.17) is 4.74 Å². The zero-order valence-corrected chi connectivity index (χ0v) is 19.0. The van der Waals surface area contributed by atoms with Gasteiger partial charge < -0.3 is 10.1 Å². The second-order valence-electron chi connectivity index (χ2n) is 9.16. The second-order valence-corrected chi connectivity index (χ2v) is 9.16. The van der Waals surface area contributed by atoms with Crippen LogP contribution in [0.3, 0.4) is 0 Å². The predicted molar refractivity (Wildman–Crippen MR) is 119 cm³/mol. The molecule has 1 saturated heterocycles. The van der Waals surface area contributed by atoms with Crippen molar-refractivity contribution in [1.82, 2.24) is 4.90 Å². The van der Waals surface area contributed by atoms with Crippen molar-refractivity contribution in [2.75, 3.05) is 10.2 Å². The molecule has 1 fully saturated rings. The van der Waals surface area contributed by atoms with Crippen LogP contribution in [0, 0.1) is 11.8 Å². The van der Waals surface area contributed by atoms with Crippen LogP contribution in [-0.2, 0) is 28.7 Å². The van der Waals surface area contributed by atoms with Gasteiger partial charge in [0.15, 0.2) is 6.10 Å². The molecule has 0 bridgehead atoms. The number of likely N-dealkylation sites (tertiary alicyclic amines) is 1. The normalized spacial score (nSPS) is 25.2. The van der Waals surface area contributed by atoms with Gasteiger partial charge in [0.05, 0.1) is 23.2 Å². The van der Waals surface area contributed by atoms with Crippen LogP contribution in [0.2, 0.25) is 0 Å². The fraction of sp³-hybridized carbons (Fsp3) is 0.458. The minimum absolute atomic E-state index is 0.370. The fourth-order valence-corrected chi connectivity index (χ4v) is 4.66. The summed E-state index contributed by atoms with van der Waals surface area (Å²) in [6, 6.07) is 5.70. The van der Waals surface area contributed by atoms with Gasteiger partial charge in [0, 0.05) is 0 Å². The lowest BCUT2D eigenvalue weighted by Crippen LogP contribution is -2.60. The summed E-state index contributed by atoms with van der Waals surface area (Å²) in [6.07, 6.45) is 3.43. The van der Waals surface area contributed by atoms with E-state index in [1.54, 1.807) is 38.1 Å². The van der Waals surface area contributed by atoms with Crippen LogP contribution >= 0.6 is 0 Å². The molecule has 3 aliphatic rings. The number of nitrogens with one attached hydrogen (secondary N) is 1. The summed E-state index contributed by atoms with van der Waals surface area (Å²) in [6.45, 7) is 6.04. The maximum atomic E-state index is 13.3. The SMILES string of the molecule is C[C@H](OC(=O)[C@H](C)N1C(=O)[C@H]2CC=CC[C@H]2C1=O)C(=O)N1c2ccccc2NC(=O)C1(C)C. The smallest absolute Gasteiger partial charge is 0.329 e. The maximum absolute atomic E-state index is 13.3. The number of imide groups is 1. The molecule has 1 aliphatic carbocycles. The van der Waals surface area contributed by atoms with Crippen molar-refractivity contribution >= 4 is 41.0 Å². The van der Waals surface area contributed by atoms with E-state index in [0.29, 0.717) is 24.2 Å². The quantitative estimate of drug-likeness (QED) is 0.424. The van der Waals surface area contributed by atoms with E-state index < -0.39 is 41.4 Å². The molecule has 0 saturated carbocycles. The Morgan fingerprint density at radius 2 is 1.61 bits per heavy atom. The molecule has 2 heterocycles. The van der Waals surface area contributed by atoms with Gasteiger partial charge in [-0.15, -0.1) is 0 Å². The molecule has 0 radical (unpaired) electrons. The number of carbonyl (C=O) groups excluding carboxylic acids is 5. The molecule has 0 spiro atoms. The minimum Gasteiger partial charge on any atom is -0.451 e. The first kappa shape index (κ1) is 22.7. The molecule has 9 heteroatoms. The van der Waals surface area contributed by atoms with Gasteiger partial charge in [-0.3, -0.25) is 29.0 Å². The number of anilines is 2. The number of hydrogen-bond acceptors (Lipinski definition) is 6. The van der Waals surface area contributed by atoms with E-state index >= 15 is 0 Å². The highest BCUT2D eigenvalue weighted by molar-refractivity contribution is 6.15. The fourth-order valence-electron chi connectivity index (χ4n) is 4.66. The zero-order valence-electron chi connectivity index (χ0n) is 19.0. The number of para-hydroxylation sites is 2. The number of esters is 1. The van der Waals surface area contributed by atoms with Gasteiger partial charge in [-0.05, 0) is 52.7 Å². The highest BCUT2D eigenvalue weighted by atomic mass is 16.5. The van der Waals surface area contributed by atoms with Crippen molar-refractivity contribution in [1.29, 1.82) is 0 Å². The topological polar surface area (TPSA) is 113 Å². The molecule has 1 aromatic carbocycles.